The van der Waals surface area contributed by atoms with Crippen molar-refractivity contribution in [2.45, 2.75) is 40.2 Å². The fourth-order valence-electron chi connectivity index (χ4n) is 2.53. The number of carbonyl (C=O) groups excluding carboxylic acids is 1. The van der Waals surface area contributed by atoms with E-state index in [1.807, 2.05) is 57.2 Å². The van der Waals surface area contributed by atoms with Gasteiger partial charge < -0.3 is 14.8 Å². The minimum absolute atomic E-state index is 0.0162. The van der Waals surface area contributed by atoms with Gasteiger partial charge in [-0.05, 0) is 60.4 Å². The fraction of sp³-hybridized carbons (Fsp3) is 0.381. The van der Waals surface area contributed by atoms with Crippen LogP contribution in [0.5, 0.6) is 11.5 Å². The molecule has 0 bridgehead atoms. The number of nitrogens with one attached hydrogen (secondary N) is 1. The summed E-state index contributed by atoms with van der Waals surface area (Å²) in [6, 6.07) is 11.3. The predicted octanol–water partition coefficient (Wildman–Crippen LogP) is 4.94. The van der Waals surface area contributed by atoms with Crippen LogP contribution in [0, 0.1) is 6.92 Å². The van der Waals surface area contributed by atoms with Gasteiger partial charge in [0, 0.05) is 18.0 Å². The Kier molecular flexibility index (Phi) is 9.60. The number of hydrogen-bond donors (Lipinski definition) is 1. The lowest BCUT2D eigenvalue weighted by Crippen LogP contribution is -2.23. The largest absolute Gasteiger partial charge is 0.497 e. The Bertz CT molecular complexity index is 696. The number of carbonyl (C=O) groups is 1. The van der Waals surface area contributed by atoms with Gasteiger partial charge in [0.05, 0.1) is 14.2 Å². The first-order valence-corrected chi connectivity index (χ1v) is 9.13. The van der Waals surface area contributed by atoms with E-state index in [0.29, 0.717) is 24.4 Å². The fourth-order valence-corrected chi connectivity index (χ4v) is 2.84. The van der Waals surface area contributed by atoms with Gasteiger partial charge in [0.15, 0.2) is 0 Å². The monoisotopic (exact) mass is 377 g/mol. The van der Waals surface area contributed by atoms with Gasteiger partial charge in [0.25, 0.3) is 0 Å². The third kappa shape index (κ3) is 6.96. The van der Waals surface area contributed by atoms with E-state index in [4.69, 9.17) is 21.1 Å². The van der Waals surface area contributed by atoms with Crippen LogP contribution in [0.3, 0.4) is 0 Å². The number of methoxy groups -OCH3 is 2. The number of amides is 1. The van der Waals surface area contributed by atoms with Crippen LogP contribution in [0.2, 0.25) is 5.02 Å². The zero-order chi connectivity index (χ0) is 19.5. The molecule has 26 heavy (non-hydrogen) atoms. The van der Waals surface area contributed by atoms with Crippen LogP contribution in [0.4, 0.5) is 0 Å². The summed E-state index contributed by atoms with van der Waals surface area (Å²) in [7, 11) is 3.23. The SMILES string of the molecule is CC.COc1ccc(OC)c(CCC(=O)NCc2cc(C)cc(Cl)c2)c1. The van der Waals surface area contributed by atoms with E-state index in [-0.39, 0.29) is 5.91 Å². The molecule has 0 aliphatic rings. The van der Waals surface area contributed by atoms with Crippen molar-refractivity contribution in [2.75, 3.05) is 14.2 Å². The average molecular weight is 378 g/mol. The summed E-state index contributed by atoms with van der Waals surface area (Å²) in [5, 5.41) is 3.60. The van der Waals surface area contributed by atoms with Gasteiger partial charge in [-0.2, -0.15) is 0 Å². The molecule has 0 heterocycles. The molecule has 0 aliphatic carbocycles. The summed E-state index contributed by atoms with van der Waals surface area (Å²) in [6.45, 7) is 6.45. The first kappa shape index (κ1) is 21.8. The lowest BCUT2D eigenvalue weighted by atomic mass is 10.1. The Hall–Kier alpha value is -2.20. The van der Waals surface area contributed by atoms with Crippen molar-refractivity contribution in [1.82, 2.24) is 5.32 Å². The summed E-state index contributed by atoms with van der Waals surface area (Å²) < 4.78 is 10.6. The number of hydrogen-bond acceptors (Lipinski definition) is 3. The van der Waals surface area contributed by atoms with Crippen LogP contribution >= 0.6 is 11.6 Å². The van der Waals surface area contributed by atoms with Crippen LogP contribution in [0.15, 0.2) is 36.4 Å². The van der Waals surface area contributed by atoms with E-state index >= 15 is 0 Å². The first-order valence-electron chi connectivity index (χ1n) is 8.75. The van der Waals surface area contributed by atoms with Gasteiger partial charge in [0.1, 0.15) is 11.5 Å². The maximum Gasteiger partial charge on any atom is 0.220 e. The molecule has 0 aliphatic heterocycles. The molecule has 2 aromatic rings. The molecule has 0 saturated heterocycles. The zero-order valence-corrected chi connectivity index (χ0v) is 16.9. The highest BCUT2D eigenvalue weighted by Gasteiger charge is 2.08. The van der Waals surface area contributed by atoms with Crippen LogP contribution < -0.4 is 14.8 Å². The number of benzene rings is 2. The third-order valence-corrected chi connectivity index (χ3v) is 3.92. The second kappa shape index (κ2) is 11.4. The Morgan fingerprint density at radius 3 is 2.42 bits per heavy atom. The van der Waals surface area contributed by atoms with Gasteiger partial charge in [0.2, 0.25) is 5.91 Å². The Morgan fingerprint density at radius 2 is 1.81 bits per heavy atom. The number of aryl methyl sites for hydroxylation is 2. The van der Waals surface area contributed by atoms with Crippen molar-refractivity contribution < 1.29 is 14.3 Å². The normalized spacial score (nSPS) is 9.77. The molecule has 0 unspecified atom stereocenters. The minimum Gasteiger partial charge on any atom is -0.497 e. The maximum absolute atomic E-state index is 12.1. The van der Waals surface area contributed by atoms with Crippen LogP contribution in [-0.4, -0.2) is 20.1 Å². The molecule has 0 spiro atoms. The molecule has 4 nitrogen and oxygen atoms in total. The lowest BCUT2D eigenvalue weighted by molar-refractivity contribution is -0.121. The topological polar surface area (TPSA) is 47.6 Å². The Labute approximate surface area is 161 Å². The van der Waals surface area contributed by atoms with E-state index in [9.17, 15) is 4.79 Å². The summed E-state index contributed by atoms with van der Waals surface area (Å²) >= 11 is 6.03. The van der Waals surface area contributed by atoms with Gasteiger partial charge >= 0.3 is 0 Å². The second-order valence-corrected chi connectivity index (χ2v) is 6.03. The van der Waals surface area contributed by atoms with E-state index in [2.05, 4.69) is 5.32 Å². The molecule has 0 radical (unpaired) electrons. The van der Waals surface area contributed by atoms with Crippen molar-refractivity contribution in [3.8, 4) is 11.5 Å². The second-order valence-electron chi connectivity index (χ2n) is 5.59. The van der Waals surface area contributed by atoms with Gasteiger partial charge in [-0.25, -0.2) is 0 Å². The van der Waals surface area contributed by atoms with E-state index in [1.165, 1.54) is 0 Å². The molecular formula is C21H28ClNO3. The van der Waals surface area contributed by atoms with Crippen molar-refractivity contribution >= 4 is 17.5 Å². The third-order valence-electron chi connectivity index (χ3n) is 3.70. The Balaban J connectivity index is 0.00000163. The molecular weight excluding hydrogens is 350 g/mol. The standard InChI is InChI=1S/C19H22ClNO3.C2H6/c1-13-8-14(10-16(20)9-13)12-21-19(22)7-4-15-11-17(23-2)5-6-18(15)24-3;1-2/h5-6,8-11H,4,7,12H2,1-3H3,(H,21,22);1-2H3. The van der Waals surface area contributed by atoms with Gasteiger partial charge in [-0.15, -0.1) is 0 Å². The summed E-state index contributed by atoms with van der Waals surface area (Å²) in [4.78, 5) is 12.1. The van der Waals surface area contributed by atoms with E-state index < -0.39 is 0 Å². The van der Waals surface area contributed by atoms with Crippen LogP contribution in [-0.2, 0) is 17.8 Å². The lowest BCUT2D eigenvalue weighted by Gasteiger charge is -2.11. The molecule has 0 fully saturated rings. The van der Waals surface area contributed by atoms with Crippen molar-refractivity contribution in [3.05, 3.63) is 58.1 Å². The van der Waals surface area contributed by atoms with E-state index in [0.717, 1.165) is 28.2 Å². The predicted molar refractivity (Wildman–Crippen MR) is 107 cm³/mol. The maximum atomic E-state index is 12.1. The molecule has 142 valence electrons. The first-order chi connectivity index (χ1) is 12.5. The molecule has 1 N–H and O–H groups in total. The zero-order valence-electron chi connectivity index (χ0n) is 16.2. The summed E-state index contributed by atoms with van der Waals surface area (Å²) in [5.41, 5.74) is 3.02. The van der Waals surface area contributed by atoms with Crippen molar-refractivity contribution in [1.29, 1.82) is 0 Å². The highest BCUT2D eigenvalue weighted by atomic mass is 35.5. The van der Waals surface area contributed by atoms with Gasteiger partial charge in [-0.3, -0.25) is 4.79 Å². The highest BCUT2D eigenvalue weighted by Crippen LogP contribution is 2.25. The number of ether oxygens (including phenoxy) is 2. The molecule has 1 amide bonds. The molecule has 0 aromatic heterocycles. The highest BCUT2D eigenvalue weighted by molar-refractivity contribution is 6.30. The van der Waals surface area contributed by atoms with E-state index in [1.54, 1.807) is 14.2 Å². The summed E-state index contributed by atoms with van der Waals surface area (Å²) in [5.74, 6) is 1.49. The van der Waals surface area contributed by atoms with Gasteiger partial charge in [-0.1, -0.05) is 31.5 Å². The Morgan fingerprint density at radius 1 is 1.08 bits per heavy atom. The van der Waals surface area contributed by atoms with Crippen LogP contribution in [0.25, 0.3) is 0 Å². The average Bonchev–Trinajstić information content (AvgIpc) is 2.65. The van der Waals surface area contributed by atoms with Crippen LogP contribution in [0.1, 0.15) is 37.0 Å². The molecule has 0 atom stereocenters. The molecule has 0 saturated carbocycles. The molecule has 2 aromatic carbocycles. The van der Waals surface area contributed by atoms with Crippen molar-refractivity contribution in [2.24, 2.45) is 0 Å². The summed E-state index contributed by atoms with van der Waals surface area (Å²) in [6.07, 6.45) is 0.962. The molecule has 2 rings (SSSR count). The minimum atomic E-state index is -0.0162. The quantitative estimate of drug-likeness (QED) is 0.743. The smallest absolute Gasteiger partial charge is 0.220 e. The number of halogens is 1. The van der Waals surface area contributed by atoms with Crippen molar-refractivity contribution in [3.63, 3.8) is 0 Å². The molecule has 5 heteroatoms. The number of rotatable bonds is 7.